The second-order valence-corrected chi connectivity index (χ2v) is 11.8. The van der Waals surface area contributed by atoms with E-state index in [1.807, 2.05) is 48.5 Å². The third kappa shape index (κ3) is 6.76. The molecule has 0 radical (unpaired) electrons. The van der Waals surface area contributed by atoms with Gasteiger partial charge < -0.3 is 46.5 Å². The Labute approximate surface area is 266 Å². The molecule has 4 aromatic rings. The number of nitrogen functional groups attached to an aromatic ring is 1. The number of nitrogens with zero attached hydrogens (tertiary/aromatic N) is 5. The summed E-state index contributed by atoms with van der Waals surface area (Å²) in [7, 11) is 0. The molecule has 14 heteroatoms. The molecule has 46 heavy (non-hydrogen) atoms. The van der Waals surface area contributed by atoms with Crippen LogP contribution in [0.2, 0.25) is 0 Å². The Kier molecular flexibility index (Phi) is 9.61. The third-order valence-electron chi connectivity index (χ3n) is 8.73. The van der Waals surface area contributed by atoms with Gasteiger partial charge in [0.2, 0.25) is 11.9 Å². The van der Waals surface area contributed by atoms with Crippen molar-refractivity contribution in [3.8, 4) is 16.9 Å². The van der Waals surface area contributed by atoms with E-state index >= 15 is 0 Å². The van der Waals surface area contributed by atoms with E-state index < -0.39 is 31.1 Å². The second-order valence-electron chi connectivity index (χ2n) is 11.8. The van der Waals surface area contributed by atoms with Gasteiger partial charge in [-0.3, -0.25) is 9.36 Å². The first kappa shape index (κ1) is 31.6. The third-order valence-corrected chi connectivity index (χ3v) is 8.73. The maximum Gasteiger partial charge on any atom is 0.220 e. The molecule has 6 rings (SSSR count). The number of primary amides is 1. The molecule has 4 atom stereocenters. The Morgan fingerprint density at radius 3 is 2.57 bits per heavy atom. The fourth-order valence-electron chi connectivity index (χ4n) is 6.07. The van der Waals surface area contributed by atoms with Crippen molar-refractivity contribution >= 4 is 28.8 Å². The molecule has 244 valence electrons. The molecule has 2 aliphatic rings. The SMILES string of the molecule is NC(=O)C1CCN(CCCOc2cccc(-c3ccc(CNc4nc5c(N)ncnc5n4[C@@H]4O[C@H](CO)[C@@H](O)[C@H]4O)cc3)c2)CC1. The Morgan fingerprint density at radius 1 is 1.07 bits per heavy atom. The number of carbonyl (C=O) groups is 1. The van der Waals surface area contributed by atoms with E-state index in [0.29, 0.717) is 30.3 Å². The number of aliphatic hydroxyl groups is 3. The number of aliphatic hydroxyl groups excluding tert-OH is 3. The standard InChI is InChI=1S/C32H40N8O6/c33-28-25-30(37-18-36-28)40(31-27(43)26(42)24(17-41)46-31)32(38-25)35-16-19-5-7-20(8-6-19)22-3-1-4-23(15-22)45-14-2-11-39-12-9-21(10-13-39)29(34)44/h1,3-8,15,18,21,24,26-27,31,41-43H,2,9-14,16-17H2,(H2,34,44)(H,35,38)(H2,33,36,37)/t24-,26-,27-,31-/m1/s1. The number of imidazole rings is 1. The van der Waals surface area contributed by atoms with Gasteiger partial charge in [-0.2, -0.15) is 0 Å². The fraction of sp³-hybridized carbons (Fsp3) is 0.438. The first-order chi connectivity index (χ1) is 22.3. The number of nitrogens with two attached hydrogens (primary N) is 2. The average Bonchev–Trinajstić information content (AvgIpc) is 3.59. The van der Waals surface area contributed by atoms with Crippen LogP contribution in [0.3, 0.4) is 0 Å². The lowest BCUT2D eigenvalue weighted by Crippen LogP contribution is -2.39. The molecule has 0 unspecified atom stereocenters. The number of hydrogen-bond acceptors (Lipinski definition) is 12. The van der Waals surface area contributed by atoms with Crippen LogP contribution in [0, 0.1) is 5.92 Å². The Hall–Kier alpha value is -4.34. The lowest BCUT2D eigenvalue weighted by molar-refractivity contribution is -0.123. The summed E-state index contributed by atoms with van der Waals surface area (Å²) in [5, 5.41) is 33.9. The van der Waals surface area contributed by atoms with E-state index in [9.17, 15) is 20.1 Å². The number of aromatic nitrogens is 4. The number of hydrogen-bond donors (Lipinski definition) is 6. The van der Waals surface area contributed by atoms with Crippen LogP contribution in [0.4, 0.5) is 11.8 Å². The van der Waals surface area contributed by atoms with Gasteiger partial charge >= 0.3 is 0 Å². The highest BCUT2D eigenvalue weighted by Gasteiger charge is 2.45. The maximum atomic E-state index is 11.4. The molecular formula is C32H40N8O6. The van der Waals surface area contributed by atoms with Crippen LogP contribution in [0.5, 0.6) is 5.75 Å². The van der Waals surface area contributed by atoms with Gasteiger partial charge in [0.25, 0.3) is 0 Å². The Morgan fingerprint density at radius 2 is 1.85 bits per heavy atom. The van der Waals surface area contributed by atoms with Crippen LogP contribution in [-0.2, 0) is 16.1 Å². The van der Waals surface area contributed by atoms with Gasteiger partial charge in [-0.05, 0) is 61.2 Å². The Balaban J connectivity index is 1.07. The first-order valence-corrected chi connectivity index (χ1v) is 15.5. The van der Waals surface area contributed by atoms with Crippen molar-refractivity contribution in [3.63, 3.8) is 0 Å². The summed E-state index contributed by atoms with van der Waals surface area (Å²) in [4.78, 5) is 26.6. The average molecular weight is 633 g/mol. The van der Waals surface area contributed by atoms with Crippen LogP contribution < -0.4 is 21.5 Å². The molecule has 2 saturated heterocycles. The number of nitrogens with one attached hydrogen (secondary N) is 1. The lowest BCUT2D eigenvalue weighted by atomic mass is 9.96. The van der Waals surface area contributed by atoms with E-state index in [0.717, 1.165) is 61.3 Å². The molecular weight excluding hydrogens is 592 g/mol. The van der Waals surface area contributed by atoms with Gasteiger partial charge in [-0.15, -0.1) is 0 Å². The number of carbonyl (C=O) groups excluding carboxylic acids is 1. The van der Waals surface area contributed by atoms with Gasteiger partial charge in [0, 0.05) is 19.0 Å². The quantitative estimate of drug-likeness (QED) is 0.122. The van der Waals surface area contributed by atoms with Crippen LogP contribution in [0.1, 0.15) is 31.1 Å². The molecule has 0 aliphatic carbocycles. The molecule has 8 N–H and O–H groups in total. The summed E-state index contributed by atoms with van der Waals surface area (Å²) >= 11 is 0. The van der Waals surface area contributed by atoms with Crippen molar-refractivity contribution < 1.29 is 29.6 Å². The summed E-state index contributed by atoms with van der Waals surface area (Å²) in [6.45, 7) is 3.25. The normalized spacial score (nSPS) is 22.3. The van der Waals surface area contributed by atoms with Gasteiger partial charge in [0.05, 0.1) is 13.2 Å². The number of fused-ring (bicyclic) bond motifs is 1. The first-order valence-electron chi connectivity index (χ1n) is 15.5. The number of likely N-dealkylation sites (tertiary alicyclic amines) is 1. The van der Waals surface area contributed by atoms with E-state index in [1.54, 1.807) is 0 Å². The van der Waals surface area contributed by atoms with Crippen molar-refractivity contribution in [1.29, 1.82) is 0 Å². The molecule has 2 aromatic heterocycles. The predicted molar refractivity (Wildman–Crippen MR) is 170 cm³/mol. The Bertz CT molecular complexity index is 1640. The van der Waals surface area contributed by atoms with E-state index in [1.165, 1.54) is 10.9 Å². The number of amides is 1. The molecule has 0 spiro atoms. The highest BCUT2D eigenvalue weighted by Crippen LogP contribution is 2.35. The minimum absolute atomic E-state index is 0.00415. The van der Waals surface area contributed by atoms with Crippen molar-refractivity contribution in [2.24, 2.45) is 11.7 Å². The molecule has 0 bridgehead atoms. The van der Waals surface area contributed by atoms with Crippen molar-refractivity contribution in [2.75, 3.05) is 43.9 Å². The minimum Gasteiger partial charge on any atom is -0.494 e. The summed E-state index contributed by atoms with van der Waals surface area (Å²) in [6.07, 6.45) is -0.768. The molecule has 1 amide bonds. The van der Waals surface area contributed by atoms with Crippen molar-refractivity contribution in [2.45, 2.75) is 50.3 Å². The maximum absolute atomic E-state index is 11.4. The lowest BCUT2D eigenvalue weighted by Gasteiger charge is -2.30. The van der Waals surface area contributed by atoms with Crippen molar-refractivity contribution in [3.05, 3.63) is 60.4 Å². The van der Waals surface area contributed by atoms with E-state index in [-0.39, 0.29) is 17.6 Å². The second kappa shape index (κ2) is 14.0. The number of benzene rings is 2. The molecule has 14 nitrogen and oxygen atoms in total. The number of rotatable bonds is 12. The monoisotopic (exact) mass is 632 g/mol. The minimum atomic E-state index is -1.32. The number of ether oxygens (including phenoxy) is 2. The molecule has 4 heterocycles. The predicted octanol–water partition coefficient (Wildman–Crippen LogP) is 1.27. The van der Waals surface area contributed by atoms with Crippen LogP contribution in [-0.4, -0.2) is 96.8 Å². The van der Waals surface area contributed by atoms with Gasteiger partial charge in [-0.1, -0.05) is 36.4 Å². The fourth-order valence-corrected chi connectivity index (χ4v) is 6.07. The zero-order chi connectivity index (χ0) is 32.2. The summed E-state index contributed by atoms with van der Waals surface area (Å²) in [5.74, 6) is 1.10. The number of piperidine rings is 1. The summed E-state index contributed by atoms with van der Waals surface area (Å²) < 4.78 is 13.3. The summed E-state index contributed by atoms with van der Waals surface area (Å²) in [5.41, 5.74) is 15.2. The zero-order valence-corrected chi connectivity index (χ0v) is 25.4. The topological polar surface area (TPSA) is 207 Å². The van der Waals surface area contributed by atoms with Crippen LogP contribution in [0.15, 0.2) is 54.9 Å². The van der Waals surface area contributed by atoms with Gasteiger partial charge in [0.1, 0.15) is 30.4 Å². The molecule has 0 saturated carbocycles. The smallest absolute Gasteiger partial charge is 0.220 e. The largest absolute Gasteiger partial charge is 0.494 e. The van der Waals surface area contributed by atoms with Crippen LogP contribution >= 0.6 is 0 Å². The highest BCUT2D eigenvalue weighted by atomic mass is 16.6. The van der Waals surface area contributed by atoms with Gasteiger partial charge in [-0.25, -0.2) is 15.0 Å². The van der Waals surface area contributed by atoms with E-state index in [2.05, 4.69) is 25.2 Å². The van der Waals surface area contributed by atoms with Crippen LogP contribution in [0.25, 0.3) is 22.3 Å². The van der Waals surface area contributed by atoms with Crippen molar-refractivity contribution in [1.82, 2.24) is 24.4 Å². The summed E-state index contributed by atoms with van der Waals surface area (Å²) in [6, 6.07) is 16.1. The van der Waals surface area contributed by atoms with Gasteiger partial charge in [0.15, 0.2) is 23.2 Å². The molecule has 2 aromatic carbocycles. The highest BCUT2D eigenvalue weighted by molar-refractivity contribution is 5.84. The zero-order valence-electron chi connectivity index (χ0n) is 25.4. The molecule has 2 fully saturated rings. The molecule has 2 aliphatic heterocycles. The van der Waals surface area contributed by atoms with E-state index in [4.69, 9.17) is 20.9 Å². The number of anilines is 2.